The van der Waals surface area contributed by atoms with Crippen LogP contribution >= 0.6 is 0 Å². The van der Waals surface area contributed by atoms with Crippen LogP contribution in [-0.4, -0.2) is 14.4 Å². The highest BCUT2D eigenvalue weighted by Gasteiger charge is 2.39. The minimum atomic E-state index is -1.30. The van der Waals surface area contributed by atoms with E-state index in [0.717, 1.165) is 11.8 Å². The number of rotatable bonds is 2. The molecule has 2 fully saturated rings. The van der Waals surface area contributed by atoms with Gasteiger partial charge in [0.25, 0.3) is 0 Å². The van der Waals surface area contributed by atoms with Gasteiger partial charge in [0.1, 0.15) is 0 Å². The molecule has 2 aliphatic carbocycles. The molecular weight excluding hydrogens is 188 g/mol. The van der Waals surface area contributed by atoms with Crippen LogP contribution < -0.4 is 0 Å². The molecule has 1 nitrogen and oxygen atoms in total. The third kappa shape index (κ3) is 2.40. The first kappa shape index (κ1) is 10.7. The normalized spacial score (nSPS) is 38.4. The van der Waals surface area contributed by atoms with Gasteiger partial charge in [0.15, 0.2) is 8.32 Å². The maximum atomic E-state index is 6.31. The van der Waals surface area contributed by atoms with Crippen molar-refractivity contribution in [1.82, 2.24) is 0 Å². The molecule has 0 radical (unpaired) electrons. The highest BCUT2D eigenvalue weighted by atomic mass is 28.4. The van der Waals surface area contributed by atoms with E-state index in [0.29, 0.717) is 6.10 Å². The van der Waals surface area contributed by atoms with Gasteiger partial charge in [-0.1, -0.05) is 19.3 Å². The summed E-state index contributed by atoms with van der Waals surface area (Å²) in [5.74, 6) is 1.94. The standard InChI is InChI=1S/C12H24OSi/c1-14(2,3)13-12-9-8-10-6-4-5-7-11(10)12/h10-12H,4-9H2,1-3H3. The molecular formula is C12H24OSi. The lowest BCUT2D eigenvalue weighted by molar-refractivity contribution is 0.111. The third-order valence-electron chi connectivity index (χ3n) is 3.77. The van der Waals surface area contributed by atoms with Crippen LogP contribution in [0.2, 0.25) is 19.6 Å². The molecule has 0 N–H and O–H groups in total. The Balaban J connectivity index is 1.94. The van der Waals surface area contributed by atoms with E-state index in [1.807, 2.05) is 0 Å². The Morgan fingerprint density at radius 2 is 1.64 bits per heavy atom. The average Bonchev–Trinajstić information content (AvgIpc) is 2.47. The molecule has 0 aromatic rings. The van der Waals surface area contributed by atoms with Gasteiger partial charge in [-0.3, -0.25) is 0 Å². The van der Waals surface area contributed by atoms with E-state index in [2.05, 4.69) is 19.6 Å². The summed E-state index contributed by atoms with van der Waals surface area (Å²) in [6, 6.07) is 0. The van der Waals surface area contributed by atoms with Gasteiger partial charge in [-0.05, 0) is 50.7 Å². The minimum Gasteiger partial charge on any atom is -0.414 e. The lowest BCUT2D eigenvalue weighted by Crippen LogP contribution is -2.35. The molecule has 0 bridgehead atoms. The van der Waals surface area contributed by atoms with Crippen LogP contribution in [-0.2, 0) is 4.43 Å². The van der Waals surface area contributed by atoms with E-state index in [9.17, 15) is 0 Å². The summed E-state index contributed by atoms with van der Waals surface area (Å²) in [7, 11) is -1.30. The molecule has 82 valence electrons. The van der Waals surface area contributed by atoms with E-state index in [1.165, 1.54) is 38.5 Å². The molecule has 0 amide bonds. The molecule has 0 spiro atoms. The van der Waals surface area contributed by atoms with Crippen LogP contribution in [0.25, 0.3) is 0 Å². The predicted molar refractivity (Wildman–Crippen MR) is 62.9 cm³/mol. The summed E-state index contributed by atoms with van der Waals surface area (Å²) in [5.41, 5.74) is 0. The van der Waals surface area contributed by atoms with E-state index >= 15 is 0 Å². The summed E-state index contributed by atoms with van der Waals surface area (Å²) in [6.45, 7) is 6.97. The van der Waals surface area contributed by atoms with E-state index in [1.54, 1.807) is 0 Å². The molecule has 0 heterocycles. The Labute approximate surface area is 89.4 Å². The van der Waals surface area contributed by atoms with Gasteiger partial charge in [0.2, 0.25) is 0 Å². The van der Waals surface area contributed by atoms with Crippen LogP contribution in [0.5, 0.6) is 0 Å². The van der Waals surface area contributed by atoms with Crippen molar-refractivity contribution in [3.63, 3.8) is 0 Å². The Morgan fingerprint density at radius 3 is 2.36 bits per heavy atom. The second-order valence-electron chi connectivity index (χ2n) is 6.05. The molecule has 2 aliphatic rings. The molecule has 0 aromatic carbocycles. The first-order chi connectivity index (χ1) is 6.56. The zero-order chi connectivity index (χ0) is 10.2. The monoisotopic (exact) mass is 212 g/mol. The molecule has 2 rings (SSSR count). The van der Waals surface area contributed by atoms with Crippen molar-refractivity contribution in [2.24, 2.45) is 11.8 Å². The van der Waals surface area contributed by atoms with Gasteiger partial charge in [0, 0.05) is 6.10 Å². The Bertz CT molecular complexity index is 197. The Hall–Kier alpha value is 0.177. The van der Waals surface area contributed by atoms with Crippen molar-refractivity contribution in [1.29, 1.82) is 0 Å². The molecule has 2 saturated carbocycles. The maximum absolute atomic E-state index is 6.31. The zero-order valence-electron chi connectivity index (χ0n) is 9.88. The van der Waals surface area contributed by atoms with Gasteiger partial charge in [-0.25, -0.2) is 0 Å². The smallest absolute Gasteiger partial charge is 0.184 e. The van der Waals surface area contributed by atoms with Crippen molar-refractivity contribution in [2.75, 3.05) is 0 Å². The van der Waals surface area contributed by atoms with Gasteiger partial charge >= 0.3 is 0 Å². The summed E-state index contributed by atoms with van der Waals surface area (Å²) in [6.07, 6.45) is 9.27. The molecule has 14 heavy (non-hydrogen) atoms. The minimum absolute atomic E-state index is 0.631. The van der Waals surface area contributed by atoms with Crippen LogP contribution in [0.4, 0.5) is 0 Å². The molecule has 0 aromatic heterocycles. The van der Waals surface area contributed by atoms with Crippen molar-refractivity contribution in [3.05, 3.63) is 0 Å². The number of hydrogen-bond acceptors (Lipinski definition) is 1. The quantitative estimate of drug-likeness (QED) is 0.633. The Kier molecular flexibility index (Phi) is 3.03. The second kappa shape index (κ2) is 3.97. The summed E-state index contributed by atoms with van der Waals surface area (Å²) < 4.78 is 6.31. The third-order valence-corrected chi connectivity index (χ3v) is 4.78. The van der Waals surface area contributed by atoms with Crippen molar-refractivity contribution in [2.45, 2.75) is 64.3 Å². The highest BCUT2D eigenvalue weighted by Crippen LogP contribution is 2.44. The van der Waals surface area contributed by atoms with Crippen LogP contribution in [0.3, 0.4) is 0 Å². The lowest BCUT2D eigenvalue weighted by atomic mass is 9.81. The van der Waals surface area contributed by atoms with Crippen LogP contribution in [0.15, 0.2) is 0 Å². The SMILES string of the molecule is C[Si](C)(C)OC1CCC2CCCCC21. The van der Waals surface area contributed by atoms with Crippen molar-refractivity contribution >= 4 is 8.32 Å². The molecule has 2 heteroatoms. The summed E-state index contributed by atoms with van der Waals surface area (Å²) in [4.78, 5) is 0. The molecule has 3 unspecified atom stereocenters. The predicted octanol–water partition coefficient (Wildman–Crippen LogP) is 3.81. The molecule has 0 saturated heterocycles. The van der Waals surface area contributed by atoms with Gasteiger partial charge in [0.05, 0.1) is 0 Å². The molecule has 3 atom stereocenters. The van der Waals surface area contributed by atoms with Crippen molar-refractivity contribution in [3.8, 4) is 0 Å². The van der Waals surface area contributed by atoms with Crippen LogP contribution in [0, 0.1) is 11.8 Å². The largest absolute Gasteiger partial charge is 0.414 e. The fraction of sp³-hybridized carbons (Fsp3) is 1.00. The van der Waals surface area contributed by atoms with E-state index < -0.39 is 8.32 Å². The van der Waals surface area contributed by atoms with Gasteiger partial charge in [-0.2, -0.15) is 0 Å². The zero-order valence-corrected chi connectivity index (χ0v) is 10.9. The summed E-state index contributed by atoms with van der Waals surface area (Å²) >= 11 is 0. The fourth-order valence-corrected chi connectivity index (χ4v) is 4.48. The van der Waals surface area contributed by atoms with E-state index in [4.69, 9.17) is 4.43 Å². The maximum Gasteiger partial charge on any atom is 0.184 e. The number of fused-ring (bicyclic) bond motifs is 1. The lowest BCUT2D eigenvalue weighted by Gasteiger charge is -2.32. The van der Waals surface area contributed by atoms with Crippen molar-refractivity contribution < 1.29 is 4.43 Å². The summed E-state index contributed by atoms with van der Waals surface area (Å²) in [5, 5.41) is 0. The van der Waals surface area contributed by atoms with Gasteiger partial charge < -0.3 is 4.43 Å². The second-order valence-corrected chi connectivity index (χ2v) is 10.5. The first-order valence-electron chi connectivity index (χ1n) is 6.24. The fourth-order valence-electron chi connectivity index (χ4n) is 3.28. The van der Waals surface area contributed by atoms with Crippen LogP contribution in [0.1, 0.15) is 38.5 Å². The first-order valence-corrected chi connectivity index (χ1v) is 9.65. The highest BCUT2D eigenvalue weighted by molar-refractivity contribution is 6.69. The molecule has 0 aliphatic heterocycles. The Morgan fingerprint density at radius 1 is 0.929 bits per heavy atom. The number of hydrogen-bond donors (Lipinski definition) is 0. The topological polar surface area (TPSA) is 9.23 Å². The van der Waals surface area contributed by atoms with Gasteiger partial charge in [-0.15, -0.1) is 0 Å². The average molecular weight is 212 g/mol. The van der Waals surface area contributed by atoms with E-state index in [-0.39, 0.29) is 0 Å².